The molecule has 1 aromatic rings. The van der Waals surface area contributed by atoms with E-state index in [1.54, 1.807) is 0 Å². The number of hydrogen-bond donors (Lipinski definition) is 0. The molecule has 1 aromatic carbocycles. The Kier molecular flexibility index (Phi) is 9.36. The molecule has 0 spiro atoms. The summed E-state index contributed by atoms with van der Waals surface area (Å²) in [7, 11) is 0. The smallest absolute Gasteiger partial charge is 0.0575 e. The van der Waals surface area contributed by atoms with Crippen LogP contribution in [-0.2, 0) is 11.2 Å². The summed E-state index contributed by atoms with van der Waals surface area (Å²) in [5.41, 5.74) is 2.64. The number of ether oxygens (including phenoxy) is 1. The molecule has 0 saturated heterocycles. The van der Waals surface area contributed by atoms with Crippen LogP contribution in [0.25, 0.3) is 0 Å². The molecule has 2 fully saturated rings. The fourth-order valence-corrected chi connectivity index (χ4v) is 5.08. The van der Waals surface area contributed by atoms with Crippen LogP contribution in [0.1, 0.15) is 88.7 Å². The number of allylic oxidation sites excluding steroid dienone is 1. The van der Waals surface area contributed by atoms with Gasteiger partial charge in [0, 0.05) is 18.1 Å². The molecule has 0 unspecified atom stereocenters. The summed E-state index contributed by atoms with van der Waals surface area (Å²) >= 11 is 0. The number of rotatable bonds is 8. The second-order valence-corrected chi connectivity index (χ2v) is 9.19. The lowest BCUT2D eigenvalue weighted by Crippen LogP contribution is -2.20. The lowest BCUT2D eigenvalue weighted by atomic mass is 9.78. The van der Waals surface area contributed by atoms with Gasteiger partial charge in [-0.3, -0.25) is 0 Å². The molecular formula is C28H40O. The van der Waals surface area contributed by atoms with Crippen molar-refractivity contribution in [3.8, 4) is 11.8 Å². The van der Waals surface area contributed by atoms with Gasteiger partial charge in [-0.2, -0.15) is 0 Å². The van der Waals surface area contributed by atoms with Gasteiger partial charge in [0.05, 0.1) is 6.10 Å². The molecule has 0 heterocycles. The summed E-state index contributed by atoms with van der Waals surface area (Å²) < 4.78 is 5.74. The van der Waals surface area contributed by atoms with E-state index in [-0.39, 0.29) is 0 Å². The predicted octanol–water partition coefficient (Wildman–Crippen LogP) is 7.34. The molecule has 3 rings (SSSR count). The standard InChI is InChI=1S/C28H40O/c1-3-5-6-23-7-9-24(10-8-23)11-12-25-13-15-26(16-14-25)17-18-27-19-21-28(22-20-27)29-4-2/h3,13-16,23-24,27-28H,1,4-12,19-22H2,2H3/t23-,24-,27-,28-. The maximum absolute atomic E-state index is 5.74. The molecule has 158 valence electrons. The monoisotopic (exact) mass is 392 g/mol. The molecule has 0 aliphatic heterocycles. The third-order valence-electron chi connectivity index (χ3n) is 7.04. The Morgan fingerprint density at radius 2 is 1.59 bits per heavy atom. The van der Waals surface area contributed by atoms with E-state index >= 15 is 0 Å². The Morgan fingerprint density at radius 1 is 0.931 bits per heavy atom. The quantitative estimate of drug-likeness (QED) is 0.332. The maximum Gasteiger partial charge on any atom is 0.0575 e. The number of benzene rings is 1. The Bertz CT molecular complexity index is 646. The minimum absolute atomic E-state index is 0.472. The van der Waals surface area contributed by atoms with Crippen molar-refractivity contribution in [2.45, 2.75) is 90.1 Å². The van der Waals surface area contributed by atoms with Crippen LogP contribution in [0, 0.1) is 29.6 Å². The molecule has 1 heteroatoms. The molecule has 0 radical (unpaired) electrons. The SMILES string of the molecule is C=CCC[C@H]1CC[C@H](CCc2ccc(C#C[C@H]3CC[C@H](OCC)CC3)cc2)CC1. The van der Waals surface area contributed by atoms with Crippen LogP contribution in [0.15, 0.2) is 36.9 Å². The highest BCUT2D eigenvalue weighted by molar-refractivity contribution is 5.36. The van der Waals surface area contributed by atoms with Crippen molar-refractivity contribution in [2.75, 3.05) is 6.61 Å². The van der Waals surface area contributed by atoms with Crippen LogP contribution in [0.3, 0.4) is 0 Å². The van der Waals surface area contributed by atoms with Crippen molar-refractivity contribution in [3.63, 3.8) is 0 Å². The van der Waals surface area contributed by atoms with Gasteiger partial charge in [0.2, 0.25) is 0 Å². The Labute approximate surface area is 179 Å². The molecule has 2 aliphatic rings. The van der Waals surface area contributed by atoms with Gasteiger partial charge in [0.1, 0.15) is 0 Å². The van der Waals surface area contributed by atoms with Gasteiger partial charge in [-0.25, -0.2) is 0 Å². The highest BCUT2D eigenvalue weighted by Crippen LogP contribution is 2.34. The molecular weight excluding hydrogens is 352 g/mol. The van der Waals surface area contributed by atoms with Gasteiger partial charge in [0.25, 0.3) is 0 Å². The van der Waals surface area contributed by atoms with E-state index in [2.05, 4.69) is 55.7 Å². The normalized spacial score (nSPS) is 27.1. The van der Waals surface area contributed by atoms with Crippen molar-refractivity contribution >= 4 is 0 Å². The van der Waals surface area contributed by atoms with Crippen LogP contribution >= 0.6 is 0 Å². The lowest BCUT2D eigenvalue weighted by Gasteiger charge is -2.28. The van der Waals surface area contributed by atoms with Crippen LogP contribution in [0.4, 0.5) is 0 Å². The summed E-state index contributed by atoms with van der Waals surface area (Å²) in [5, 5.41) is 0. The van der Waals surface area contributed by atoms with Crippen molar-refractivity contribution < 1.29 is 4.74 Å². The summed E-state index contributed by atoms with van der Waals surface area (Å²) in [5.74, 6) is 9.36. The van der Waals surface area contributed by atoms with Crippen LogP contribution < -0.4 is 0 Å². The highest BCUT2D eigenvalue weighted by Gasteiger charge is 2.21. The number of hydrogen-bond acceptors (Lipinski definition) is 1. The van der Waals surface area contributed by atoms with E-state index in [1.165, 1.54) is 88.2 Å². The summed E-state index contributed by atoms with van der Waals surface area (Å²) in [6.45, 7) is 6.79. The van der Waals surface area contributed by atoms with E-state index in [0.29, 0.717) is 12.0 Å². The zero-order valence-corrected chi connectivity index (χ0v) is 18.5. The van der Waals surface area contributed by atoms with Gasteiger partial charge >= 0.3 is 0 Å². The summed E-state index contributed by atoms with van der Waals surface area (Å²) in [6, 6.07) is 9.04. The van der Waals surface area contributed by atoms with Gasteiger partial charge < -0.3 is 4.74 Å². The third kappa shape index (κ3) is 7.67. The van der Waals surface area contributed by atoms with Gasteiger partial charge in [-0.1, -0.05) is 55.7 Å². The van der Waals surface area contributed by atoms with E-state index in [9.17, 15) is 0 Å². The van der Waals surface area contributed by atoms with Crippen molar-refractivity contribution in [1.82, 2.24) is 0 Å². The summed E-state index contributed by atoms with van der Waals surface area (Å²) in [6.07, 6.45) is 18.1. The topological polar surface area (TPSA) is 9.23 Å². The first-order chi connectivity index (χ1) is 14.3. The molecule has 0 bridgehead atoms. The molecule has 1 nitrogen and oxygen atoms in total. The average Bonchev–Trinajstić information content (AvgIpc) is 2.77. The van der Waals surface area contributed by atoms with Crippen molar-refractivity contribution in [1.29, 1.82) is 0 Å². The first-order valence-electron chi connectivity index (χ1n) is 12.1. The second-order valence-electron chi connectivity index (χ2n) is 9.19. The van der Waals surface area contributed by atoms with E-state index in [0.717, 1.165) is 18.4 Å². The Balaban J connectivity index is 1.37. The number of aryl methyl sites for hydroxylation is 1. The predicted molar refractivity (Wildman–Crippen MR) is 124 cm³/mol. The minimum Gasteiger partial charge on any atom is -0.379 e. The molecule has 0 atom stereocenters. The maximum atomic E-state index is 5.74. The van der Waals surface area contributed by atoms with Crippen molar-refractivity contribution in [2.24, 2.45) is 17.8 Å². The van der Waals surface area contributed by atoms with E-state index in [1.807, 2.05) is 0 Å². The lowest BCUT2D eigenvalue weighted by molar-refractivity contribution is 0.0310. The Hall–Kier alpha value is -1.52. The van der Waals surface area contributed by atoms with Crippen LogP contribution in [0.5, 0.6) is 0 Å². The highest BCUT2D eigenvalue weighted by atomic mass is 16.5. The zero-order valence-electron chi connectivity index (χ0n) is 18.5. The van der Waals surface area contributed by atoms with Crippen molar-refractivity contribution in [3.05, 3.63) is 48.0 Å². The average molecular weight is 393 g/mol. The second kappa shape index (κ2) is 12.2. The zero-order chi connectivity index (χ0) is 20.3. The molecule has 2 saturated carbocycles. The van der Waals surface area contributed by atoms with Crippen LogP contribution in [0.2, 0.25) is 0 Å². The molecule has 29 heavy (non-hydrogen) atoms. The first-order valence-corrected chi connectivity index (χ1v) is 12.1. The van der Waals surface area contributed by atoms with E-state index in [4.69, 9.17) is 4.74 Å². The van der Waals surface area contributed by atoms with Gasteiger partial charge in [0.15, 0.2) is 0 Å². The van der Waals surface area contributed by atoms with Crippen LogP contribution in [-0.4, -0.2) is 12.7 Å². The minimum atomic E-state index is 0.472. The fraction of sp³-hybridized carbons (Fsp3) is 0.643. The largest absolute Gasteiger partial charge is 0.379 e. The Morgan fingerprint density at radius 3 is 2.21 bits per heavy atom. The van der Waals surface area contributed by atoms with E-state index < -0.39 is 0 Å². The molecule has 0 N–H and O–H groups in total. The third-order valence-corrected chi connectivity index (χ3v) is 7.04. The van der Waals surface area contributed by atoms with Gasteiger partial charge in [-0.15, -0.1) is 6.58 Å². The fourth-order valence-electron chi connectivity index (χ4n) is 5.08. The molecule has 0 amide bonds. The van der Waals surface area contributed by atoms with Gasteiger partial charge in [-0.05, 0) is 87.8 Å². The molecule has 2 aliphatic carbocycles. The summed E-state index contributed by atoms with van der Waals surface area (Å²) in [4.78, 5) is 0. The first kappa shape index (κ1) is 22.2. The molecule has 0 aromatic heterocycles.